The summed E-state index contributed by atoms with van der Waals surface area (Å²) in [4.78, 5) is 11.4. The van der Waals surface area contributed by atoms with Gasteiger partial charge in [-0.1, -0.05) is 109 Å². The molecule has 0 saturated carbocycles. The average molecular weight is 636 g/mol. The molecule has 2 heterocycles. The van der Waals surface area contributed by atoms with Crippen molar-refractivity contribution in [1.29, 1.82) is 0 Å². The van der Waals surface area contributed by atoms with Gasteiger partial charge in [0.15, 0.2) is 11.4 Å². The largest absolute Gasteiger partial charge is 0.320 e. The molecule has 2 aromatic heterocycles. The molecular formula is C45H25N5. The van der Waals surface area contributed by atoms with Crippen LogP contribution in [0.5, 0.6) is 0 Å². The van der Waals surface area contributed by atoms with Gasteiger partial charge in [0.25, 0.3) is 0 Å². The van der Waals surface area contributed by atoms with E-state index < -0.39 is 0 Å². The summed E-state index contributed by atoms with van der Waals surface area (Å²) in [6, 6.07) is 51.4. The predicted octanol–water partition coefficient (Wildman–Crippen LogP) is 12.9. The molecule has 0 aliphatic carbocycles. The van der Waals surface area contributed by atoms with Gasteiger partial charge >= 0.3 is 0 Å². The average Bonchev–Trinajstić information content (AvgIpc) is 3.70. The maximum absolute atomic E-state index is 8.32. The Kier molecular flexibility index (Phi) is 6.56. The highest BCUT2D eigenvalue weighted by molar-refractivity contribution is 6.12. The summed E-state index contributed by atoms with van der Waals surface area (Å²) in [6.07, 6.45) is 0. The Morgan fingerprint density at radius 1 is 0.400 bits per heavy atom. The maximum Gasteiger partial charge on any atom is 0.218 e. The summed E-state index contributed by atoms with van der Waals surface area (Å²) in [5.74, 6) is 0. The minimum Gasteiger partial charge on any atom is -0.320 e. The van der Waals surface area contributed by atoms with Gasteiger partial charge in [0, 0.05) is 27.5 Å². The lowest BCUT2D eigenvalue weighted by Gasteiger charge is -2.19. The number of aromatic nitrogens is 2. The van der Waals surface area contributed by atoms with Gasteiger partial charge in [0.05, 0.1) is 41.8 Å². The number of benzene rings is 7. The first-order chi connectivity index (χ1) is 24.7. The standard InChI is InChI=1S/C45H25N5/c1-46-30-22-27-43-38(28-30)36-16-8-11-19-42(36)50(43)45-37(25-26-39(47-2)44(45)48-3)33-13-5-4-12-32(33)29-20-23-31(24-21-29)49-40-17-9-6-14-34(40)35-15-7-10-18-41(35)49/h4-28H. The van der Waals surface area contributed by atoms with Crippen LogP contribution in [0.15, 0.2) is 152 Å². The van der Waals surface area contributed by atoms with E-state index in [-0.39, 0.29) is 0 Å². The van der Waals surface area contributed by atoms with Crippen LogP contribution in [0.2, 0.25) is 0 Å². The highest BCUT2D eigenvalue weighted by atomic mass is 15.0. The topological polar surface area (TPSA) is 22.9 Å². The van der Waals surface area contributed by atoms with E-state index in [0.29, 0.717) is 22.7 Å². The predicted molar refractivity (Wildman–Crippen MR) is 205 cm³/mol. The van der Waals surface area contributed by atoms with Crippen molar-refractivity contribution in [1.82, 2.24) is 9.13 Å². The smallest absolute Gasteiger partial charge is 0.218 e. The lowest BCUT2D eigenvalue weighted by atomic mass is 9.92. The second kappa shape index (κ2) is 11.4. The molecule has 0 N–H and O–H groups in total. The van der Waals surface area contributed by atoms with Crippen LogP contribution in [-0.2, 0) is 0 Å². The van der Waals surface area contributed by atoms with Crippen LogP contribution < -0.4 is 0 Å². The van der Waals surface area contributed by atoms with Gasteiger partial charge in [-0.15, -0.1) is 0 Å². The number of hydrogen-bond acceptors (Lipinski definition) is 0. The fraction of sp³-hybridized carbons (Fsp3) is 0. The Balaban J connectivity index is 1.27. The summed E-state index contributed by atoms with van der Waals surface area (Å²) in [7, 11) is 0. The van der Waals surface area contributed by atoms with Crippen LogP contribution in [0.3, 0.4) is 0 Å². The molecule has 5 nitrogen and oxygen atoms in total. The molecule has 0 spiro atoms. The fourth-order valence-electron chi connectivity index (χ4n) is 7.44. The van der Waals surface area contributed by atoms with Crippen LogP contribution in [0, 0.1) is 19.7 Å². The van der Waals surface area contributed by atoms with Crippen molar-refractivity contribution >= 4 is 60.7 Å². The van der Waals surface area contributed by atoms with Crippen LogP contribution in [-0.4, -0.2) is 9.13 Å². The molecule has 0 atom stereocenters. The van der Waals surface area contributed by atoms with Crippen LogP contribution in [0.25, 0.3) is 91.8 Å². The maximum atomic E-state index is 8.32. The minimum atomic E-state index is 0.297. The van der Waals surface area contributed by atoms with Gasteiger partial charge in [-0.05, 0) is 70.1 Å². The molecule has 230 valence electrons. The number of para-hydroxylation sites is 3. The molecule has 0 fully saturated rings. The molecule has 0 radical (unpaired) electrons. The first-order valence-electron chi connectivity index (χ1n) is 16.2. The molecule has 0 unspecified atom stereocenters. The SMILES string of the molecule is [C-]#[N+]c1ccc2c(c1)c1ccccc1n2-c1c(-c2ccccc2-c2ccc(-n3c4ccccc4c4ccccc43)cc2)ccc([N+]#[C-])c1[N+]#[C-]. The van der Waals surface area contributed by atoms with Crippen molar-refractivity contribution in [2.45, 2.75) is 0 Å². The third-order valence-corrected chi connectivity index (χ3v) is 9.60. The van der Waals surface area contributed by atoms with E-state index >= 15 is 0 Å². The number of nitrogens with zero attached hydrogens (tertiary/aromatic N) is 5. The normalized spacial score (nSPS) is 11.1. The van der Waals surface area contributed by atoms with E-state index in [1.165, 1.54) is 10.8 Å². The third kappa shape index (κ3) is 4.24. The quantitative estimate of drug-likeness (QED) is 0.172. The molecule has 0 bridgehead atoms. The van der Waals surface area contributed by atoms with E-state index in [9.17, 15) is 0 Å². The summed E-state index contributed by atoms with van der Waals surface area (Å²) in [5.41, 5.74) is 10.8. The van der Waals surface area contributed by atoms with Crippen LogP contribution in [0.4, 0.5) is 17.1 Å². The van der Waals surface area contributed by atoms with E-state index in [0.717, 1.165) is 60.8 Å². The molecule has 5 heteroatoms. The molecule has 0 aliphatic rings. The highest BCUT2D eigenvalue weighted by Gasteiger charge is 2.23. The summed E-state index contributed by atoms with van der Waals surface area (Å²) in [6.45, 7) is 23.9. The zero-order chi connectivity index (χ0) is 33.8. The van der Waals surface area contributed by atoms with Crippen LogP contribution in [0.1, 0.15) is 0 Å². The zero-order valence-electron chi connectivity index (χ0n) is 26.7. The number of hydrogen-bond donors (Lipinski definition) is 0. The van der Waals surface area contributed by atoms with Crippen molar-refractivity contribution in [3.05, 3.63) is 186 Å². The second-order valence-corrected chi connectivity index (χ2v) is 12.2. The number of fused-ring (bicyclic) bond motifs is 6. The van der Waals surface area contributed by atoms with Crippen molar-refractivity contribution < 1.29 is 0 Å². The van der Waals surface area contributed by atoms with Crippen molar-refractivity contribution in [2.24, 2.45) is 0 Å². The number of rotatable bonds is 4. The van der Waals surface area contributed by atoms with E-state index in [1.807, 2.05) is 60.7 Å². The van der Waals surface area contributed by atoms with Gasteiger partial charge in [-0.25, -0.2) is 9.69 Å². The zero-order valence-corrected chi connectivity index (χ0v) is 26.7. The van der Waals surface area contributed by atoms with Gasteiger partial charge in [0.2, 0.25) is 5.69 Å². The summed E-state index contributed by atoms with van der Waals surface area (Å²) >= 11 is 0. The van der Waals surface area contributed by atoms with Gasteiger partial charge in [-0.2, -0.15) is 0 Å². The van der Waals surface area contributed by atoms with Crippen molar-refractivity contribution in [3.63, 3.8) is 0 Å². The third-order valence-electron chi connectivity index (χ3n) is 9.60. The lowest BCUT2D eigenvalue weighted by molar-refractivity contribution is 1.18. The molecule has 9 rings (SSSR count). The fourth-order valence-corrected chi connectivity index (χ4v) is 7.44. The highest BCUT2D eigenvalue weighted by Crippen LogP contribution is 2.47. The molecule has 0 aliphatic heterocycles. The van der Waals surface area contributed by atoms with Crippen molar-refractivity contribution in [3.8, 4) is 33.6 Å². The molecular weight excluding hydrogens is 611 g/mol. The molecule has 50 heavy (non-hydrogen) atoms. The Bertz CT molecular complexity index is 2900. The molecule has 9 aromatic rings. The molecule has 0 amide bonds. The monoisotopic (exact) mass is 635 g/mol. The second-order valence-electron chi connectivity index (χ2n) is 12.2. The summed E-state index contributed by atoms with van der Waals surface area (Å²) < 4.78 is 4.41. The van der Waals surface area contributed by atoms with E-state index in [2.05, 4.69) is 109 Å². The Morgan fingerprint density at radius 2 is 0.960 bits per heavy atom. The van der Waals surface area contributed by atoms with E-state index in [1.54, 1.807) is 6.07 Å². The molecule has 7 aromatic carbocycles. The van der Waals surface area contributed by atoms with E-state index in [4.69, 9.17) is 19.7 Å². The Hall–Kier alpha value is -7.39. The Labute approximate surface area is 288 Å². The van der Waals surface area contributed by atoms with Gasteiger partial charge < -0.3 is 9.13 Å². The lowest BCUT2D eigenvalue weighted by Crippen LogP contribution is -1.99. The molecule has 0 saturated heterocycles. The van der Waals surface area contributed by atoms with Gasteiger partial charge in [0.1, 0.15) is 0 Å². The summed E-state index contributed by atoms with van der Waals surface area (Å²) in [5, 5.41) is 4.35. The van der Waals surface area contributed by atoms with Gasteiger partial charge in [-0.3, -0.25) is 4.85 Å². The Morgan fingerprint density at radius 3 is 1.58 bits per heavy atom. The minimum absolute atomic E-state index is 0.297. The first-order valence-corrected chi connectivity index (χ1v) is 16.2. The van der Waals surface area contributed by atoms with Crippen molar-refractivity contribution in [2.75, 3.05) is 0 Å². The first kappa shape index (κ1) is 28.8. The van der Waals surface area contributed by atoms with Crippen LogP contribution >= 0.6 is 0 Å².